The Balaban J connectivity index is -0.000000120. The van der Waals surface area contributed by atoms with Crippen molar-refractivity contribution in [2.75, 3.05) is 0 Å². The lowest BCUT2D eigenvalue weighted by Gasteiger charge is -2.22. The molecule has 0 aliphatic rings. The molecule has 0 N–H and O–H groups in total. The Kier molecular flexibility index (Phi) is 22.1. The Morgan fingerprint density at radius 2 is 0.920 bits per heavy atom. The smallest absolute Gasteiger partial charge is 0.0153 e. The maximum absolute atomic E-state index is 3.90. The van der Waals surface area contributed by atoms with Crippen molar-refractivity contribution in [1.82, 2.24) is 0 Å². The SMILES string of the molecule is C=C(C)C(C)(C)CC.C=CC(=C)C.C=CC(=C)C.CCC(C)(C)CC. The van der Waals surface area contributed by atoms with Crippen molar-refractivity contribution in [2.45, 2.75) is 88.5 Å². The van der Waals surface area contributed by atoms with Crippen molar-refractivity contribution in [1.29, 1.82) is 0 Å². The molecule has 0 radical (unpaired) electrons. The molecule has 0 rings (SSSR count). The molecule has 0 aromatic heterocycles. The highest BCUT2D eigenvalue weighted by atomic mass is 14.2. The topological polar surface area (TPSA) is 0 Å². The van der Waals surface area contributed by atoms with Gasteiger partial charge in [0.15, 0.2) is 0 Å². The van der Waals surface area contributed by atoms with Gasteiger partial charge in [-0.2, -0.15) is 0 Å². The number of hydrogen-bond acceptors (Lipinski definition) is 0. The molecular formula is C25H48. The summed E-state index contributed by atoms with van der Waals surface area (Å²) in [4.78, 5) is 0. The summed E-state index contributed by atoms with van der Waals surface area (Å²) in [6.45, 7) is 39.5. The highest BCUT2D eigenvalue weighted by Crippen LogP contribution is 2.27. The van der Waals surface area contributed by atoms with Crippen LogP contribution in [0.25, 0.3) is 0 Å². The van der Waals surface area contributed by atoms with E-state index in [2.05, 4.69) is 88.3 Å². The first kappa shape index (κ1) is 31.5. The fraction of sp³-hybridized carbons (Fsp3) is 0.600. The molecular weight excluding hydrogens is 300 g/mol. The lowest BCUT2D eigenvalue weighted by molar-refractivity contribution is 0.338. The highest BCUT2D eigenvalue weighted by Gasteiger charge is 2.14. The summed E-state index contributed by atoms with van der Waals surface area (Å²) >= 11 is 0. The van der Waals surface area contributed by atoms with Crippen LogP contribution in [0, 0.1) is 10.8 Å². The van der Waals surface area contributed by atoms with Gasteiger partial charge in [0.2, 0.25) is 0 Å². The molecule has 0 fully saturated rings. The Labute approximate surface area is 161 Å². The molecule has 0 aromatic carbocycles. The molecule has 0 aliphatic carbocycles. The largest absolute Gasteiger partial charge is 0.0996 e. The summed E-state index contributed by atoms with van der Waals surface area (Å²) in [5, 5.41) is 0. The Bertz CT molecular complexity index is 364. The molecule has 148 valence electrons. The van der Waals surface area contributed by atoms with E-state index in [-0.39, 0.29) is 0 Å². The van der Waals surface area contributed by atoms with Crippen LogP contribution in [0.4, 0.5) is 0 Å². The van der Waals surface area contributed by atoms with E-state index in [9.17, 15) is 0 Å². The van der Waals surface area contributed by atoms with Crippen molar-refractivity contribution in [3.8, 4) is 0 Å². The van der Waals surface area contributed by atoms with E-state index >= 15 is 0 Å². The van der Waals surface area contributed by atoms with Gasteiger partial charge in [0.1, 0.15) is 0 Å². The molecule has 0 spiro atoms. The van der Waals surface area contributed by atoms with E-state index in [1.165, 1.54) is 24.8 Å². The predicted molar refractivity (Wildman–Crippen MR) is 123 cm³/mol. The zero-order valence-electron chi connectivity index (χ0n) is 19.3. The van der Waals surface area contributed by atoms with Crippen LogP contribution in [0.2, 0.25) is 0 Å². The van der Waals surface area contributed by atoms with Crippen LogP contribution in [-0.2, 0) is 0 Å². The summed E-state index contributed by atoms with van der Waals surface area (Å²) < 4.78 is 0. The molecule has 0 saturated carbocycles. The van der Waals surface area contributed by atoms with Crippen molar-refractivity contribution >= 4 is 0 Å². The van der Waals surface area contributed by atoms with Gasteiger partial charge in [-0.25, -0.2) is 0 Å². The molecule has 0 nitrogen and oxygen atoms in total. The van der Waals surface area contributed by atoms with Gasteiger partial charge in [0.05, 0.1) is 0 Å². The zero-order chi connectivity index (χ0) is 21.3. The van der Waals surface area contributed by atoms with Gasteiger partial charge in [0.25, 0.3) is 0 Å². The van der Waals surface area contributed by atoms with Crippen molar-refractivity contribution < 1.29 is 0 Å². The third kappa shape index (κ3) is 31.0. The quantitative estimate of drug-likeness (QED) is 0.331. The van der Waals surface area contributed by atoms with Gasteiger partial charge in [-0.1, -0.05) is 123 Å². The van der Waals surface area contributed by atoms with Crippen LogP contribution in [0.3, 0.4) is 0 Å². The van der Waals surface area contributed by atoms with Gasteiger partial charge in [-0.05, 0) is 38.0 Å². The summed E-state index contributed by atoms with van der Waals surface area (Å²) in [7, 11) is 0. The lowest BCUT2D eigenvalue weighted by Crippen LogP contribution is -2.09. The maximum atomic E-state index is 3.90. The second-order valence-corrected chi connectivity index (χ2v) is 7.99. The molecule has 0 aromatic rings. The first-order chi connectivity index (χ1) is 11.2. The minimum absolute atomic E-state index is 0.347. The van der Waals surface area contributed by atoms with Gasteiger partial charge in [0, 0.05) is 0 Å². The fourth-order valence-corrected chi connectivity index (χ4v) is 0.552. The van der Waals surface area contributed by atoms with E-state index in [4.69, 9.17) is 0 Å². The Morgan fingerprint density at radius 1 is 0.680 bits per heavy atom. The summed E-state index contributed by atoms with van der Waals surface area (Å²) in [5.41, 5.74) is 4.25. The molecule has 0 heteroatoms. The van der Waals surface area contributed by atoms with Crippen molar-refractivity contribution in [3.05, 3.63) is 61.8 Å². The van der Waals surface area contributed by atoms with E-state index in [0.717, 1.165) is 11.1 Å². The zero-order valence-corrected chi connectivity index (χ0v) is 19.3. The van der Waals surface area contributed by atoms with Gasteiger partial charge < -0.3 is 0 Å². The van der Waals surface area contributed by atoms with Gasteiger partial charge >= 0.3 is 0 Å². The third-order valence-corrected chi connectivity index (χ3v) is 4.65. The van der Waals surface area contributed by atoms with Crippen LogP contribution in [0.1, 0.15) is 88.5 Å². The summed E-state index contributed by atoms with van der Waals surface area (Å²) in [6, 6.07) is 0. The van der Waals surface area contributed by atoms with Crippen molar-refractivity contribution in [3.63, 3.8) is 0 Å². The first-order valence-electron chi connectivity index (χ1n) is 9.39. The minimum atomic E-state index is 0.347. The molecule has 0 unspecified atom stereocenters. The molecule has 0 aliphatic heterocycles. The third-order valence-electron chi connectivity index (χ3n) is 4.65. The van der Waals surface area contributed by atoms with Crippen LogP contribution < -0.4 is 0 Å². The standard InChI is InChI=1S/C8H16.C7H16.2C5H8/c1-6-8(4,5)7(2)3;1-5-7(3,4)6-2;2*1-4-5(2)3/h2,6H2,1,3-5H3;5-6H2,1-4H3;2*4H,1-2H2,3H3. The molecule has 0 heterocycles. The first-order valence-corrected chi connectivity index (χ1v) is 9.39. The monoisotopic (exact) mass is 348 g/mol. The minimum Gasteiger partial charge on any atom is -0.0996 e. The lowest BCUT2D eigenvalue weighted by atomic mass is 9.84. The molecule has 0 atom stereocenters. The van der Waals surface area contributed by atoms with E-state index in [1.807, 2.05) is 13.8 Å². The number of rotatable bonds is 6. The molecule has 0 saturated heterocycles. The average Bonchev–Trinajstić information content (AvgIpc) is 2.56. The van der Waals surface area contributed by atoms with Crippen molar-refractivity contribution in [2.24, 2.45) is 10.8 Å². The van der Waals surface area contributed by atoms with Crippen LogP contribution in [0.5, 0.6) is 0 Å². The second-order valence-electron chi connectivity index (χ2n) is 7.99. The van der Waals surface area contributed by atoms with Crippen LogP contribution in [-0.4, -0.2) is 0 Å². The highest BCUT2D eigenvalue weighted by molar-refractivity contribution is 5.06. The van der Waals surface area contributed by atoms with Gasteiger partial charge in [-0.3, -0.25) is 0 Å². The summed E-state index contributed by atoms with van der Waals surface area (Å²) in [6.07, 6.45) is 7.22. The van der Waals surface area contributed by atoms with E-state index in [1.54, 1.807) is 12.2 Å². The molecule has 25 heavy (non-hydrogen) atoms. The Hall–Kier alpha value is -1.30. The van der Waals surface area contributed by atoms with Gasteiger partial charge in [-0.15, -0.1) is 0 Å². The van der Waals surface area contributed by atoms with Crippen LogP contribution in [0.15, 0.2) is 61.8 Å². The average molecular weight is 349 g/mol. The number of allylic oxidation sites excluding steroid dienone is 5. The normalized spacial score (nSPS) is 9.68. The predicted octanol–water partition coefficient (Wildman–Crippen LogP) is 9.33. The number of hydrogen-bond donors (Lipinski definition) is 0. The van der Waals surface area contributed by atoms with Crippen LogP contribution >= 0.6 is 0 Å². The Morgan fingerprint density at radius 3 is 0.920 bits per heavy atom. The maximum Gasteiger partial charge on any atom is -0.0153 e. The second kappa shape index (κ2) is 17.5. The summed E-state index contributed by atoms with van der Waals surface area (Å²) in [5.74, 6) is 0. The molecule has 0 amide bonds. The van der Waals surface area contributed by atoms with E-state index in [0.29, 0.717) is 10.8 Å². The molecule has 0 bridgehead atoms. The van der Waals surface area contributed by atoms with E-state index < -0.39 is 0 Å². The fourth-order valence-electron chi connectivity index (χ4n) is 0.552.